The van der Waals surface area contributed by atoms with Crippen molar-refractivity contribution in [1.29, 1.82) is 0 Å². The highest BCUT2D eigenvalue weighted by molar-refractivity contribution is 6.01. The lowest BCUT2D eigenvalue weighted by Gasteiger charge is -2.24. The minimum atomic E-state index is -0.439. The van der Waals surface area contributed by atoms with Crippen LogP contribution >= 0.6 is 0 Å². The van der Waals surface area contributed by atoms with Gasteiger partial charge in [0, 0.05) is 31.7 Å². The molecule has 1 atom stereocenters. The zero-order chi connectivity index (χ0) is 17.8. The lowest BCUT2D eigenvalue weighted by molar-refractivity contribution is -0.135. The number of rotatable bonds is 3. The van der Waals surface area contributed by atoms with Crippen LogP contribution in [0.25, 0.3) is 0 Å². The second kappa shape index (κ2) is 7.68. The van der Waals surface area contributed by atoms with Crippen molar-refractivity contribution in [2.45, 2.75) is 32.1 Å². The molecule has 6 heteroatoms. The summed E-state index contributed by atoms with van der Waals surface area (Å²) < 4.78 is 4.73. The first-order valence-electron chi connectivity index (χ1n) is 8.87. The van der Waals surface area contributed by atoms with Crippen LogP contribution in [0.1, 0.15) is 42.5 Å². The summed E-state index contributed by atoms with van der Waals surface area (Å²) in [6, 6.07) is 6.79. The maximum Gasteiger partial charge on any atom is 0.337 e. The Morgan fingerprint density at radius 3 is 2.52 bits per heavy atom. The van der Waals surface area contributed by atoms with Crippen molar-refractivity contribution in [3.8, 4) is 0 Å². The third-order valence-corrected chi connectivity index (χ3v) is 4.97. The Morgan fingerprint density at radius 1 is 1.12 bits per heavy atom. The molecular formula is C19H24N2O4. The molecule has 6 nitrogen and oxygen atoms in total. The Balaban J connectivity index is 1.72. The predicted molar refractivity (Wildman–Crippen MR) is 93.3 cm³/mol. The predicted octanol–water partition coefficient (Wildman–Crippen LogP) is 2.23. The number of anilines is 1. The Labute approximate surface area is 147 Å². The molecule has 25 heavy (non-hydrogen) atoms. The van der Waals surface area contributed by atoms with Gasteiger partial charge in [-0.2, -0.15) is 0 Å². The summed E-state index contributed by atoms with van der Waals surface area (Å²) in [5.41, 5.74) is 1.04. The van der Waals surface area contributed by atoms with E-state index < -0.39 is 5.97 Å². The van der Waals surface area contributed by atoms with Gasteiger partial charge in [0.05, 0.1) is 18.6 Å². The highest BCUT2D eigenvalue weighted by Gasteiger charge is 2.37. The standard InChI is InChI=1S/C19H24N2O4/c1-25-19(24)14-7-6-8-16(11-14)21-13-15(12-17(21)22)18(23)20-9-4-2-3-5-10-20/h6-8,11,15H,2-5,9-10,12-13H2,1H3. The molecule has 0 aromatic heterocycles. The number of nitrogens with zero attached hydrogens (tertiary/aromatic N) is 2. The van der Waals surface area contributed by atoms with E-state index in [0.717, 1.165) is 25.9 Å². The molecule has 2 fully saturated rings. The second-order valence-corrected chi connectivity index (χ2v) is 6.69. The molecule has 0 spiro atoms. The van der Waals surface area contributed by atoms with Crippen LogP contribution in [0.5, 0.6) is 0 Å². The third-order valence-electron chi connectivity index (χ3n) is 4.97. The van der Waals surface area contributed by atoms with Gasteiger partial charge in [-0.05, 0) is 31.0 Å². The largest absolute Gasteiger partial charge is 0.465 e. The molecule has 0 radical (unpaired) electrons. The highest BCUT2D eigenvalue weighted by Crippen LogP contribution is 2.28. The van der Waals surface area contributed by atoms with E-state index in [9.17, 15) is 14.4 Å². The topological polar surface area (TPSA) is 66.9 Å². The number of hydrogen-bond acceptors (Lipinski definition) is 4. The molecule has 0 saturated carbocycles. The fourth-order valence-electron chi connectivity index (χ4n) is 3.59. The van der Waals surface area contributed by atoms with E-state index in [-0.39, 0.29) is 24.2 Å². The molecular weight excluding hydrogens is 320 g/mol. The van der Waals surface area contributed by atoms with Crippen molar-refractivity contribution >= 4 is 23.5 Å². The molecule has 0 aliphatic carbocycles. The summed E-state index contributed by atoms with van der Waals surface area (Å²) in [6.07, 6.45) is 4.64. The number of amides is 2. The molecule has 1 aromatic rings. The van der Waals surface area contributed by atoms with Crippen LogP contribution in [-0.2, 0) is 14.3 Å². The van der Waals surface area contributed by atoms with Crippen LogP contribution in [0.2, 0.25) is 0 Å². The summed E-state index contributed by atoms with van der Waals surface area (Å²) in [5.74, 6) is -0.727. The molecule has 2 aliphatic rings. The van der Waals surface area contributed by atoms with E-state index in [4.69, 9.17) is 4.74 Å². The van der Waals surface area contributed by atoms with Crippen LogP contribution in [-0.4, -0.2) is 49.4 Å². The lowest BCUT2D eigenvalue weighted by Crippen LogP contribution is -2.38. The van der Waals surface area contributed by atoms with Gasteiger partial charge >= 0.3 is 5.97 Å². The first-order valence-corrected chi connectivity index (χ1v) is 8.87. The highest BCUT2D eigenvalue weighted by atomic mass is 16.5. The minimum absolute atomic E-state index is 0.0739. The molecule has 2 amide bonds. The Hall–Kier alpha value is -2.37. The maximum atomic E-state index is 12.8. The molecule has 1 unspecified atom stereocenters. The molecule has 134 valence electrons. The van der Waals surface area contributed by atoms with Gasteiger partial charge in [-0.3, -0.25) is 9.59 Å². The molecule has 2 saturated heterocycles. The number of carbonyl (C=O) groups excluding carboxylic acids is 3. The Morgan fingerprint density at radius 2 is 1.84 bits per heavy atom. The van der Waals surface area contributed by atoms with Crippen LogP contribution in [0.15, 0.2) is 24.3 Å². The van der Waals surface area contributed by atoms with Crippen molar-refractivity contribution in [2.75, 3.05) is 31.6 Å². The van der Waals surface area contributed by atoms with Gasteiger partial charge in [0.1, 0.15) is 0 Å². The number of carbonyl (C=O) groups is 3. The summed E-state index contributed by atoms with van der Waals surface area (Å²) in [6.45, 7) is 1.96. The molecule has 1 aromatic carbocycles. The Bertz CT molecular complexity index is 665. The number of benzene rings is 1. The maximum absolute atomic E-state index is 12.8. The van der Waals surface area contributed by atoms with Crippen LogP contribution in [0.3, 0.4) is 0 Å². The van der Waals surface area contributed by atoms with Crippen molar-refractivity contribution in [3.05, 3.63) is 29.8 Å². The smallest absolute Gasteiger partial charge is 0.337 e. The molecule has 2 heterocycles. The van der Waals surface area contributed by atoms with Gasteiger partial charge in [-0.25, -0.2) is 4.79 Å². The minimum Gasteiger partial charge on any atom is -0.465 e. The Kier molecular flexibility index (Phi) is 5.36. The zero-order valence-corrected chi connectivity index (χ0v) is 14.6. The summed E-state index contributed by atoms with van der Waals surface area (Å²) in [4.78, 5) is 40.4. The number of ether oxygens (including phenoxy) is 1. The lowest BCUT2D eigenvalue weighted by atomic mass is 10.1. The van der Waals surface area contributed by atoms with E-state index in [2.05, 4.69) is 0 Å². The van der Waals surface area contributed by atoms with Gasteiger partial charge in [-0.1, -0.05) is 18.9 Å². The average molecular weight is 344 g/mol. The van der Waals surface area contributed by atoms with Crippen molar-refractivity contribution in [2.24, 2.45) is 5.92 Å². The van der Waals surface area contributed by atoms with E-state index in [0.29, 0.717) is 17.8 Å². The van der Waals surface area contributed by atoms with Crippen LogP contribution in [0, 0.1) is 5.92 Å². The van der Waals surface area contributed by atoms with E-state index >= 15 is 0 Å². The third kappa shape index (κ3) is 3.83. The first-order chi connectivity index (χ1) is 12.1. The molecule has 2 aliphatic heterocycles. The monoisotopic (exact) mass is 344 g/mol. The van der Waals surface area contributed by atoms with Gasteiger partial charge in [0.15, 0.2) is 0 Å². The van der Waals surface area contributed by atoms with Crippen molar-refractivity contribution < 1.29 is 19.1 Å². The molecule has 0 bridgehead atoms. The van der Waals surface area contributed by atoms with Gasteiger partial charge in [0.2, 0.25) is 11.8 Å². The number of methoxy groups -OCH3 is 1. The summed E-state index contributed by atoms with van der Waals surface area (Å²) >= 11 is 0. The van der Waals surface area contributed by atoms with Crippen LogP contribution in [0.4, 0.5) is 5.69 Å². The SMILES string of the molecule is COC(=O)c1cccc(N2CC(C(=O)N3CCCCCC3)CC2=O)c1. The fraction of sp³-hybridized carbons (Fsp3) is 0.526. The summed E-state index contributed by atoms with van der Waals surface area (Å²) in [7, 11) is 1.33. The normalized spacial score (nSPS) is 21.2. The number of hydrogen-bond donors (Lipinski definition) is 0. The molecule has 3 rings (SSSR count). The average Bonchev–Trinajstić information content (AvgIpc) is 2.85. The van der Waals surface area contributed by atoms with E-state index in [1.165, 1.54) is 20.0 Å². The second-order valence-electron chi connectivity index (χ2n) is 6.69. The van der Waals surface area contributed by atoms with Crippen molar-refractivity contribution in [3.63, 3.8) is 0 Å². The van der Waals surface area contributed by atoms with Crippen LogP contribution < -0.4 is 4.90 Å². The fourth-order valence-corrected chi connectivity index (χ4v) is 3.59. The number of likely N-dealkylation sites (tertiary alicyclic amines) is 1. The zero-order valence-electron chi connectivity index (χ0n) is 14.6. The van der Waals surface area contributed by atoms with Gasteiger partial charge in [0.25, 0.3) is 0 Å². The van der Waals surface area contributed by atoms with E-state index in [1.807, 2.05) is 4.90 Å². The quantitative estimate of drug-likeness (QED) is 0.789. The summed E-state index contributed by atoms with van der Waals surface area (Å²) in [5, 5.41) is 0. The van der Waals surface area contributed by atoms with Gasteiger partial charge < -0.3 is 14.5 Å². The molecule has 0 N–H and O–H groups in total. The number of esters is 1. The van der Waals surface area contributed by atoms with Crippen molar-refractivity contribution in [1.82, 2.24) is 4.90 Å². The van der Waals surface area contributed by atoms with E-state index in [1.54, 1.807) is 29.2 Å². The first kappa shape index (κ1) is 17.5. The van der Waals surface area contributed by atoms with Gasteiger partial charge in [-0.15, -0.1) is 0 Å².